The smallest absolute Gasteiger partial charge is 0.222 e. The maximum Gasteiger partial charge on any atom is 0.222 e. The Balaban J connectivity index is 1.93. The van der Waals surface area contributed by atoms with Crippen LogP contribution in [0.25, 0.3) is 0 Å². The van der Waals surface area contributed by atoms with Gasteiger partial charge in [0.2, 0.25) is 12.4 Å². The van der Waals surface area contributed by atoms with E-state index in [4.69, 9.17) is 4.84 Å². The Morgan fingerprint density at radius 1 is 0.867 bits per heavy atom. The zero-order chi connectivity index (χ0) is 10.8. The fourth-order valence-corrected chi connectivity index (χ4v) is 1.52. The molecule has 0 saturated carbocycles. The second-order valence-corrected chi connectivity index (χ2v) is 3.84. The van der Waals surface area contributed by atoms with Gasteiger partial charge in [-0.25, -0.2) is 0 Å². The van der Waals surface area contributed by atoms with Gasteiger partial charge in [0.1, 0.15) is 0 Å². The highest BCUT2D eigenvalue weighted by Gasteiger charge is 1.97. The van der Waals surface area contributed by atoms with Crippen molar-refractivity contribution >= 4 is 0 Å². The predicted molar refractivity (Wildman–Crippen MR) is 61.5 cm³/mol. The van der Waals surface area contributed by atoms with Gasteiger partial charge in [-0.3, -0.25) is 4.84 Å². The normalized spacial score (nSPS) is 10.2. The Hall–Kier alpha value is -1.05. The third-order valence-electron chi connectivity index (χ3n) is 2.43. The zero-order valence-electron chi connectivity index (χ0n) is 9.69. The maximum absolute atomic E-state index is 5.53. The minimum Gasteiger partial charge on any atom is -0.271 e. The Kier molecular flexibility index (Phi) is 6.63. The fraction of sp³-hybridized carbons (Fsp3) is 0.615. The molecule has 15 heavy (non-hydrogen) atoms. The summed E-state index contributed by atoms with van der Waals surface area (Å²) < 4.78 is 1.77. The van der Waals surface area contributed by atoms with Crippen molar-refractivity contribution in [2.45, 2.75) is 45.4 Å². The molecule has 0 aromatic carbocycles. The summed E-state index contributed by atoms with van der Waals surface area (Å²) in [6.07, 6.45) is 11.7. The second kappa shape index (κ2) is 8.27. The number of hydrogen-bond donors (Lipinski definition) is 0. The summed E-state index contributed by atoms with van der Waals surface area (Å²) in [6.45, 7) is 3.07. The van der Waals surface area contributed by atoms with E-state index in [0.717, 1.165) is 13.0 Å². The molecule has 1 aromatic rings. The van der Waals surface area contributed by atoms with Crippen molar-refractivity contribution < 1.29 is 9.57 Å². The number of pyridine rings is 1. The summed E-state index contributed by atoms with van der Waals surface area (Å²) in [5.74, 6) is 0. The summed E-state index contributed by atoms with van der Waals surface area (Å²) in [4.78, 5) is 5.53. The number of aromatic nitrogens is 1. The Bertz CT molecular complexity index is 236. The SMILES string of the molecule is CCCCCCCCO[n+]1ccccc1. The van der Waals surface area contributed by atoms with Crippen molar-refractivity contribution in [1.82, 2.24) is 0 Å². The van der Waals surface area contributed by atoms with Crippen LogP contribution in [0.5, 0.6) is 0 Å². The van der Waals surface area contributed by atoms with E-state index in [0.29, 0.717) is 0 Å². The molecule has 2 nitrogen and oxygen atoms in total. The van der Waals surface area contributed by atoms with Gasteiger partial charge in [0.15, 0.2) is 6.61 Å². The molecule has 0 amide bonds. The van der Waals surface area contributed by atoms with Crippen molar-refractivity contribution in [3.05, 3.63) is 30.6 Å². The van der Waals surface area contributed by atoms with Gasteiger partial charge in [-0.1, -0.05) is 38.7 Å². The second-order valence-electron chi connectivity index (χ2n) is 3.84. The molecule has 0 saturated heterocycles. The molecule has 0 bridgehead atoms. The first-order valence-corrected chi connectivity index (χ1v) is 6.03. The van der Waals surface area contributed by atoms with Crippen molar-refractivity contribution in [3.8, 4) is 0 Å². The van der Waals surface area contributed by atoms with Crippen molar-refractivity contribution in [3.63, 3.8) is 0 Å². The maximum atomic E-state index is 5.53. The first kappa shape index (κ1) is 12.0. The summed E-state index contributed by atoms with van der Waals surface area (Å²) >= 11 is 0. The lowest BCUT2D eigenvalue weighted by Gasteiger charge is -1.99. The van der Waals surface area contributed by atoms with Crippen molar-refractivity contribution in [2.24, 2.45) is 0 Å². The number of rotatable bonds is 8. The molecular weight excluding hydrogens is 186 g/mol. The van der Waals surface area contributed by atoms with Gasteiger partial charge in [0.25, 0.3) is 0 Å². The predicted octanol–water partition coefficient (Wildman–Crippen LogP) is 2.76. The van der Waals surface area contributed by atoms with Crippen molar-refractivity contribution in [1.29, 1.82) is 0 Å². The molecule has 0 N–H and O–H groups in total. The lowest BCUT2D eigenvalue weighted by molar-refractivity contribution is -0.891. The summed E-state index contributed by atoms with van der Waals surface area (Å²) in [7, 11) is 0. The highest BCUT2D eigenvalue weighted by molar-refractivity contribution is 4.83. The van der Waals surface area contributed by atoms with Crippen LogP contribution in [0.15, 0.2) is 30.6 Å². The van der Waals surface area contributed by atoms with Gasteiger partial charge in [-0.05, 0) is 12.8 Å². The molecule has 0 radical (unpaired) electrons. The molecule has 0 aliphatic carbocycles. The highest BCUT2D eigenvalue weighted by atomic mass is 16.7. The average Bonchev–Trinajstić information content (AvgIpc) is 2.29. The standard InChI is InChI=1S/C13H22NO/c1-2-3-4-5-6-10-13-15-14-11-8-7-9-12-14/h7-9,11-12H,2-6,10,13H2,1H3/q+1. The average molecular weight is 208 g/mol. The first-order valence-electron chi connectivity index (χ1n) is 6.03. The van der Waals surface area contributed by atoms with Crippen LogP contribution in [-0.4, -0.2) is 6.61 Å². The van der Waals surface area contributed by atoms with E-state index in [9.17, 15) is 0 Å². The van der Waals surface area contributed by atoms with Crippen LogP contribution in [-0.2, 0) is 0 Å². The summed E-state index contributed by atoms with van der Waals surface area (Å²) in [6, 6.07) is 5.94. The Morgan fingerprint density at radius 3 is 2.27 bits per heavy atom. The molecule has 0 spiro atoms. The van der Waals surface area contributed by atoms with E-state index in [1.165, 1.54) is 32.1 Å². The van der Waals surface area contributed by atoms with Crippen LogP contribution in [0.3, 0.4) is 0 Å². The zero-order valence-corrected chi connectivity index (χ0v) is 9.69. The van der Waals surface area contributed by atoms with Gasteiger partial charge >= 0.3 is 0 Å². The minimum absolute atomic E-state index is 0.820. The van der Waals surface area contributed by atoms with Crippen LogP contribution in [0.4, 0.5) is 0 Å². The molecule has 1 aromatic heterocycles. The highest BCUT2D eigenvalue weighted by Crippen LogP contribution is 2.03. The van der Waals surface area contributed by atoms with Gasteiger partial charge in [-0.15, -0.1) is 0 Å². The van der Waals surface area contributed by atoms with Crippen LogP contribution in [0.1, 0.15) is 45.4 Å². The van der Waals surface area contributed by atoms with Crippen LogP contribution >= 0.6 is 0 Å². The van der Waals surface area contributed by atoms with E-state index in [1.54, 1.807) is 4.73 Å². The molecule has 2 heteroatoms. The van der Waals surface area contributed by atoms with Crippen LogP contribution in [0.2, 0.25) is 0 Å². The fourth-order valence-electron chi connectivity index (χ4n) is 1.52. The van der Waals surface area contributed by atoms with Crippen LogP contribution in [0, 0.1) is 0 Å². The van der Waals surface area contributed by atoms with Crippen molar-refractivity contribution in [2.75, 3.05) is 6.61 Å². The monoisotopic (exact) mass is 208 g/mol. The third kappa shape index (κ3) is 6.10. The molecule has 0 aliphatic heterocycles. The topological polar surface area (TPSA) is 13.1 Å². The summed E-state index contributed by atoms with van der Waals surface area (Å²) in [5, 5.41) is 0. The van der Waals surface area contributed by atoms with E-state index < -0.39 is 0 Å². The van der Waals surface area contributed by atoms with E-state index >= 15 is 0 Å². The first-order chi connectivity index (χ1) is 7.43. The third-order valence-corrected chi connectivity index (χ3v) is 2.43. The van der Waals surface area contributed by atoms with E-state index in [1.807, 2.05) is 30.6 Å². The number of nitrogens with zero attached hydrogens (tertiary/aromatic N) is 1. The lowest BCUT2D eigenvalue weighted by Crippen LogP contribution is -2.42. The number of hydrogen-bond acceptors (Lipinski definition) is 1. The number of unbranched alkanes of at least 4 members (excludes halogenated alkanes) is 5. The van der Waals surface area contributed by atoms with Gasteiger partial charge in [0, 0.05) is 16.9 Å². The van der Waals surface area contributed by atoms with Crippen LogP contribution < -0.4 is 9.57 Å². The molecule has 0 unspecified atom stereocenters. The minimum atomic E-state index is 0.820. The van der Waals surface area contributed by atoms with Gasteiger partial charge in [0.05, 0.1) is 0 Å². The molecule has 1 rings (SSSR count). The molecule has 1 heterocycles. The molecule has 0 fully saturated rings. The Labute approximate surface area is 92.8 Å². The summed E-state index contributed by atoms with van der Waals surface area (Å²) in [5.41, 5.74) is 0. The van der Waals surface area contributed by atoms with Gasteiger partial charge in [-0.2, -0.15) is 0 Å². The molecule has 84 valence electrons. The quantitative estimate of drug-likeness (QED) is 0.473. The molecule has 0 aliphatic rings. The Morgan fingerprint density at radius 2 is 1.53 bits per heavy atom. The molecule has 0 atom stereocenters. The van der Waals surface area contributed by atoms with E-state index in [-0.39, 0.29) is 0 Å². The largest absolute Gasteiger partial charge is 0.271 e. The van der Waals surface area contributed by atoms with Gasteiger partial charge < -0.3 is 0 Å². The lowest BCUT2D eigenvalue weighted by atomic mass is 10.1. The molecular formula is C13H22NO+. The van der Waals surface area contributed by atoms with E-state index in [2.05, 4.69) is 6.92 Å².